The lowest BCUT2D eigenvalue weighted by molar-refractivity contribution is 0.0182. The highest BCUT2D eigenvalue weighted by atomic mass is 16.5. The van der Waals surface area contributed by atoms with Gasteiger partial charge in [0.1, 0.15) is 0 Å². The predicted octanol–water partition coefficient (Wildman–Crippen LogP) is 2.50. The predicted molar refractivity (Wildman–Crippen MR) is 72.6 cm³/mol. The molecule has 2 heterocycles. The van der Waals surface area contributed by atoms with Crippen LogP contribution in [0.2, 0.25) is 0 Å². The maximum absolute atomic E-state index is 10.3. The highest BCUT2D eigenvalue weighted by Gasteiger charge is 2.37. The minimum Gasteiger partial charge on any atom is -0.393 e. The van der Waals surface area contributed by atoms with Crippen molar-refractivity contribution in [3.63, 3.8) is 0 Å². The minimum atomic E-state index is -0.101. The molecule has 106 valence electrons. The number of hydrogen-bond donors (Lipinski definition) is 1. The van der Waals surface area contributed by atoms with E-state index in [2.05, 4.69) is 10.1 Å². The lowest BCUT2D eigenvalue weighted by Gasteiger charge is -2.36. The Kier molecular flexibility index (Phi) is 3.89. The Morgan fingerprint density at radius 1 is 1.32 bits per heavy atom. The first-order valence-electron chi connectivity index (χ1n) is 7.58. The van der Waals surface area contributed by atoms with Gasteiger partial charge in [-0.3, -0.25) is 4.90 Å². The van der Waals surface area contributed by atoms with Crippen LogP contribution in [0.15, 0.2) is 10.6 Å². The van der Waals surface area contributed by atoms with Crippen LogP contribution in [-0.2, 0) is 6.54 Å². The average molecular weight is 264 g/mol. The van der Waals surface area contributed by atoms with Crippen molar-refractivity contribution in [2.24, 2.45) is 5.92 Å². The van der Waals surface area contributed by atoms with Crippen molar-refractivity contribution < 1.29 is 9.63 Å². The van der Waals surface area contributed by atoms with Gasteiger partial charge in [-0.15, -0.1) is 0 Å². The lowest BCUT2D eigenvalue weighted by atomic mass is 9.80. The van der Waals surface area contributed by atoms with Gasteiger partial charge in [-0.2, -0.15) is 0 Å². The summed E-state index contributed by atoms with van der Waals surface area (Å²) in [7, 11) is 0. The number of likely N-dealkylation sites (tertiary alicyclic amines) is 1. The van der Waals surface area contributed by atoms with Gasteiger partial charge in [0.05, 0.1) is 18.3 Å². The Morgan fingerprint density at radius 3 is 2.89 bits per heavy atom. The summed E-state index contributed by atoms with van der Waals surface area (Å²) in [6.45, 7) is 3.92. The van der Waals surface area contributed by atoms with E-state index < -0.39 is 0 Å². The van der Waals surface area contributed by atoms with Crippen LogP contribution in [0.1, 0.15) is 50.0 Å². The Balaban J connectivity index is 1.67. The SMILES string of the molecule is Cc1cc(CN2CCCC2C2CCCCC2O)on1. The molecule has 2 aliphatic rings. The molecule has 1 saturated heterocycles. The molecule has 2 fully saturated rings. The number of aryl methyl sites for hydroxylation is 1. The Bertz CT molecular complexity index is 418. The second-order valence-corrected chi connectivity index (χ2v) is 6.13. The third-order valence-electron chi connectivity index (χ3n) is 4.73. The second-order valence-electron chi connectivity index (χ2n) is 6.13. The maximum Gasteiger partial charge on any atom is 0.150 e. The van der Waals surface area contributed by atoms with Gasteiger partial charge in [-0.25, -0.2) is 0 Å². The molecule has 3 unspecified atom stereocenters. The summed E-state index contributed by atoms with van der Waals surface area (Å²) < 4.78 is 5.33. The highest BCUT2D eigenvalue weighted by Crippen LogP contribution is 2.35. The average Bonchev–Trinajstić information content (AvgIpc) is 3.00. The van der Waals surface area contributed by atoms with Crippen molar-refractivity contribution in [2.45, 2.75) is 64.1 Å². The molecule has 1 aromatic rings. The molecule has 1 saturated carbocycles. The van der Waals surface area contributed by atoms with Crippen LogP contribution in [0.25, 0.3) is 0 Å². The number of aromatic nitrogens is 1. The van der Waals surface area contributed by atoms with E-state index in [0.29, 0.717) is 12.0 Å². The third-order valence-corrected chi connectivity index (χ3v) is 4.73. The maximum atomic E-state index is 10.3. The number of aliphatic hydroxyl groups excluding tert-OH is 1. The molecule has 0 radical (unpaired) electrons. The molecule has 4 nitrogen and oxygen atoms in total. The monoisotopic (exact) mass is 264 g/mol. The molecule has 0 spiro atoms. The molecule has 4 heteroatoms. The fourth-order valence-corrected chi connectivity index (χ4v) is 3.81. The van der Waals surface area contributed by atoms with E-state index in [1.54, 1.807) is 0 Å². The minimum absolute atomic E-state index is 0.101. The van der Waals surface area contributed by atoms with Gasteiger partial charge in [-0.05, 0) is 39.2 Å². The van der Waals surface area contributed by atoms with E-state index in [1.165, 1.54) is 32.1 Å². The summed E-state index contributed by atoms with van der Waals surface area (Å²) in [5.74, 6) is 1.41. The normalized spacial score (nSPS) is 32.8. The Labute approximate surface area is 114 Å². The van der Waals surface area contributed by atoms with Gasteiger partial charge in [0, 0.05) is 18.0 Å². The van der Waals surface area contributed by atoms with Crippen molar-refractivity contribution in [1.82, 2.24) is 10.1 Å². The van der Waals surface area contributed by atoms with Gasteiger partial charge in [0.25, 0.3) is 0 Å². The lowest BCUT2D eigenvalue weighted by Crippen LogP contribution is -2.42. The van der Waals surface area contributed by atoms with E-state index >= 15 is 0 Å². The molecule has 1 aliphatic carbocycles. The van der Waals surface area contributed by atoms with Crippen molar-refractivity contribution in [3.05, 3.63) is 17.5 Å². The molecule has 1 aromatic heterocycles. The molecule has 19 heavy (non-hydrogen) atoms. The fraction of sp³-hybridized carbons (Fsp3) is 0.800. The largest absolute Gasteiger partial charge is 0.393 e. The van der Waals surface area contributed by atoms with Crippen molar-refractivity contribution in [3.8, 4) is 0 Å². The molecule has 0 bridgehead atoms. The summed E-state index contributed by atoms with van der Waals surface area (Å²) in [5.41, 5.74) is 0.948. The van der Waals surface area contributed by atoms with Crippen LogP contribution in [0, 0.1) is 12.8 Å². The van der Waals surface area contributed by atoms with Crippen LogP contribution in [0.3, 0.4) is 0 Å². The standard InChI is InChI=1S/C15H24N2O2/c1-11-9-12(19-16-11)10-17-8-4-6-14(17)13-5-2-3-7-15(13)18/h9,13-15,18H,2-8,10H2,1H3. The van der Waals surface area contributed by atoms with Crippen LogP contribution in [0.5, 0.6) is 0 Å². The van der Waals surface area contributed by atoms with Crippen LogP contribution in [-0.4, -0.2) is 33.9 Å². The topological polar surface area (TPSA) is 49.5 Å². The van der Waals surface area contributed by atoms with Gasteiger partial charge < -0.3 is 9.63 Å². The van der Waals surface area contributed by atoms with Gasteiger partial charge in [-0.1, -0.05) is 18.0 Å². The Morgan fingerprint density at radius 2 is 2.16 bits per heavy atom. The summed E-state index contributed by atoms with van der Waals surface area (Å²) in [4.78, 5) is 2.49. The van der Waals surface area contributed by atoms with Crippen LogP contribution >= 0.6 is 0 Å². The third kappa shape index (κ3) is 2.84. The summed E-state index contributed by atoms with van der Waals surface area (Å²) >= 11 is 0. The van der Waals surface area contributed by atoms with Gasteiger partial charge in [0.15, 0.2) is 5.76 Å². The van der Waals surface area contributed by atoms with Gasteiger partial charge in [0.2, 0.25) is 0 Å². The van der Waals surface area contributed by atoms with Crippen molar-refractivity contribution >= 4 is 0 Å². The molecule has 1 N–H and O–H groups in total. The second kappa shape index (κ2) is 5.63. The molecule has 3 rings (SSSR count). The smallest absolute Gasteiger partial charge is 0.150 e. The fourth-order valence-electron chi connectivity index (χ4n) is 3.81. The van der Waals surface area contributed by atoms with E-state index in [4.69, 9.17) is 4.52 Å². The first-order chi connectivity index (χ1) is 9.24. The number of hydrogen-bond acceptors (Lipinski definition) is 4. The zero-order valence-corrected chi connectivity index (χ0v) is 11.7. The number of nitrogens with zero attached hydrogens (tertiary/aromatic N) is 2. The number of rotatable bonds is 3. The summed E-state index contributed by atoms with van der Waals surface area (Å²) in [6.07, 6.45) is 6.97. The molecular weight excluding hydrogens is 240 g/mol. The Hall–Kier alpha value is -0.870. The highest BCUT2D eigenvalue weighted by molar-refractivity contribution is 5.04. The van der Waals surface area contributed by atoms with Gasteiger partial charge >= 0.3 is 0 Å². The first kappa shape index (κ1) is 13.1. The molecule has 1 aliphatic heterocycles. The van der Waals surface area contributed by atoms with Crippen molar-refractivity contribution in [1.29, 1.82) is 0 Å². The number of aliphatic hydroxyl groups is 1. The summed E-state index contributed by atoms with van der Waals surface area (Å²) in [6, 6.07) is 2.55. The van der Waals surface area contributed by atoms with E-state index in [1.807, 2.05) is 13.0 Å². The first-order valence-corrected chi connectivity index (χ1v) is 7.58. The quantitative estimate of drug-likeness (QED) is 0.911. The van der Waals surface area contributed by atoms with E-state index in [9.17, 15) is 5.11 Å². The zero-order chi connectivity index (χ0) is 13.2. The van der Waals surface area contributed by atoms with Crippen LogP contribution in [0.4, 0.5) is 0 Å². The molecule has 0 aromatic carbocycles. The molecule has 0 amide bonds. The van der Waals surface area contributed by atoms with Crippen molar-refractivity contribution in [2.75, 3.05) is 6.54 Å². The summed E-state index contributed by atoms with van der Waals surface area (Å²) in [5, 5.41) is 14.2. The molecular formula is C15H24N2O2. The zero-order valence-electron chi connectivity index (χ0n) is 11.7. The van der Waals surface area contributed by atoms with Crippen LogP contribution < -0.4 is 0 Å². The molecule has 3 atom stereocenters. The van der Waals surface area contributed by atoms with E-state index in [0.717, 1.165) is 31.0 Å². The van der Waals surface area contributed by atoms with E-state index in [-0.39, 0.29) is 6.10 Å².